The van der Waals surface area contributed by atoms with Gasteiger partial charge in [-0.1, -0.05) is 11.6 Å². The molecule has 0 amide bonds. The summed E-state index contributed by atoms with van der Waals surface area (Å²) in [6.07, 6.45) is 4.54. The minimum absolute atomic E-state index is 0.0792. The summed E-state index contributed by atoms with van der Waals surface area (Å²) < 4.78 is 0. The van der Waals surface area contributed by atoms with Crippen LogP contribution in [-0.4, -0.2) is 60.9 Å². The van der Waals surface area contributed by atoms with Crippen molar-refractivity contribution in [1.29, 1.82) is 0 Å². The summed E-state index contributed by atoms with van der Waals surface area (Å²) in [6.45, 7) is 4.65. The van der Waals surface area contributed by atoms with Crippen LogP contribution in [0.1, 0.15) is 19.3 Å². The summed E-state index contributed by atoms with van der Waals surface area (Å²) in [5.74, 6) is 0.949. The molecule has 17 heavy (non-hydrogen) atoms. The normalized spacial score (nSPS) is 40.9. The average molecular weight is 259 g/mol. The molecule has 3 unspecified atom stereocenters. The summed E-state index contributed by atoms with van der Waals surface area (Å²) >= 11 is 6.19. The van der Waals surface area contributed by atoms with Gasteiger partial charge in [-0.25, -0.2) is 0 Å². The van der Waals surface area contributed by atoms with E-state index in [2.05, 4.69) is 27.5 Å². The van der Waals surface area contributed by atoms with E-state index in [1.54, 1.807) is 0 Å². The van der Waals surface area contributed by atoms with E-state index in [0.717, 1.165) is 12.5 Å². The van der Waals surface area contributed by atoms with Crippen molar-refractivity contribution in [3.63, 3.8) is 0 Å². The number of hydrogen-bond acceptors (Lipinski definition) is 4. The number of alkyl halides is 1. The zero-order valence-electron chi connectivity index (χ0n) is 10.5. The fraction of sp³-hybridized carbons (Fsp3) is 1.00. The number of rotatable bonds is 2. The Hall–Kier alpha value is 0.130. The van der Waals surface area contributed by atoms with Gasteiger partial charge in [-0.3, -0.25) is 20.4 Å². The molecule has 3 rings (SSSR count). The second kappa shape index (κ2) is 5.02. The molecule has 2 saturated heterocycles. The van der Waals surface area contributed by atoms with Crippen molar-refractivity contribution in [3.8, 4) is 0 Å². The molecule has 5 heteroatoms. The van der Waals surface area contributed by atoms with Gasteiger partial charge in [-0.2, -0.15) is 0 Å². The van der Waals surface area contributed by atoms with Crippen molar-refractivity contribution in [2.24, 2.45) is 5.92 Å². The zero-order chi connectivity index (χ0) is 11.8. The topological polar surface area (TPSA) is 30.5 Å². The van der Waals surface area contributed by atoms with Crippen LogP contribution in [0.2, 0.25) is 0 Å². The molecule has 3 atom stereocenters. The molecule has 0 spiro atoms. The molecule has 2 heterocycles. The number of likely N-dealkylation sites (N-methyl/N-ethyl adjacent to an activating group) is 1. The lowest BCUT2D eigenvalue weighted by molar-refractivity contribution is 0.0685. The lowest BCUT2D eigenvalue weighted by atomic mass is 10.1. The van der Waals surface area contributed by atoms with E-state index in [1.807, 2.05) is 0 Å². The van der Waals surface area contributed by atoms with Gasteiger partial charge in [0.05, 0.1) is 12.2 Å². The van der Waals surface area contributed by atoms with Crippen molar-refractivity contribution < 1.29 is 0 Å². The van der Waals surface area contributed by atoms with Crippen LogP contribution in [0.4, 0.5) is 0 Å². The van der Waals surface area contributed by atoms with Crippen molar-refractivity contribution in [3.05, 3.63) is 0 Å². The van der Waals surface area contributed by atoms with Gasteiger partial charge in [0.1, 0.15) is 5.62 Å². The van der Waals surface area contributed by atoms with E-state index in [0.29, 0.717) is 12.2 Å². The molecule has 0 bridgehead atoms. The van der Waals surface area contributed by atoms with Crippen LogP contribution < -0.4 is 10.6 Å². The fourth-order valence-electron chi connectivity index (χ4n) is 3.07. The Labute approximate surface area is 109 Å². The minimum atomic E-state index is -0.0792. The van der Waals surface area contributed by atoms with E-state index in [-0.39, 0.29) is 5.62 Å². The Morgan fingerprint density at radius 2 is 2.12 bits per heavy atom. The Balaban J connectivity index is 1.72. The van der Waals surface area contributed by atoms with Crippen LogP contribution in [-0.2, 0) is 0 Å². The van der Waals surface area contributed by atoms with Crippen LogP contribution in [0.25, 0.3) is 0 Å². The lowest BCUT2D eigenvalue weighted by Crippen LogP contribution is -2.67. The maximum atomic E-state index is 6.19. The predicted octanol–water partition coefficient (Wildman–Crippen LogP) is 0.444. The third-order valence-electron chi connectivity index (χ3n) is 4.29. The van der Waals surface area contributed by atoms with Gasteiger partial charge in [0.2, 0.25) is 0 Å². The number of hydrogen-bond donors (Lipinski definition) is 2. The molecule has 0 aromatic rings. The summed E-state index contributed by atoms with van der Waals surface area (Å²) in [5.41, 5.74) is -0.0792. The molecular weight excluding hydrogens is 236 g/mol. The highest BCUT2D eigenvalue weighted by molar-refractivity contribution is 6.20. The fourth-order valence-corrected chi connectivity index (χ4v) is 3.28. The van der Waals surface area contributed by atoms with Crippen molar-refractivity contribution in [2.45, 2.75) is 37.1 Å². The maximum Gasteiger partial charge on any atom is 0.136 e. The molecule has 3 aliphatic rings. The molecule has 0 aromatic carbocycles. The Morgan fingerprint density at radius 1 is 1.29 bits per heavy atom. The second-order valence-corrected chi connectivity index (χ2v) is 6.16. The van der Waals surface area contributed by atoms with Gasteiger partial charge in [-0.05, 0) is 38.8 Å². The monoisotopic (exact) mass is 258 g/mol. The van der Waals surface area contributed by atoms with Gasteiger partial charge in [-0.15, -0.1) is 0 Å². The molecule has 0 aromatic heterocycles. The van der Waals surface area contributed by atoms with Crippen LogP contribution >= 0.6 is 11.6 Å². The molecule has 3 fully saturated rings. The van der Waals surface area contributed by atoms with Crippen molar-refractivity contribution >= 4 is 11.6 Å². The highest BCUT2D eigenvalue weighted by Crippen LogP contribution is 2.31. The molecule has 98 valence electrons. The Bertz CT molecular complexity index is 271. The van der Waals surface area contributed by atoms with Crippen LogP contribution in [0.5, 0.6) is 0 Å². The van der Waals surface area contributed by atoms with Gasteiger partial charge in [0.15, 0.2) is 0 Å². The zero-order valence-corrected chi connectivity index (χ0v) is 11.3. The van der Waals surface area contributed by atoms with E-state index >= 15 is 0 Å². The van der Waals surface area contributed by atoms with Gasteiger partial charge in [0, 0.05) is 19.6 Å². The Kier molecular flexibility index (Phi) is 3.59. The van der Waals surface area contributed by atoms with Gasteiger partial charge < -0.3 is 0 Å². The molecule has 1 aliphatic carbocycles. The molecule has 1 saturated carbocycles. The highest BCUT2D eigenvalue weighted by Gasteiger charge is 2.38. The summed E-state index contributed by atoms with van der Waals surface area (Å²) in [7, 11) is 2.23. The summed E-state index contributed by atoms with van der Waals surface area (Å²) in [5, 5.41) is 6.83. The number of halogens is 1. The van der Waals surface area contributed by atoms with E-state index in [4.69, 9.17) is 11.6 Å². The van der Waals surface area contributed by atoms with E-state index < -0.39 is 0 Å². The van der Waals surface area contributed by atoms with Crippen LogP contribution in [0.15, 0.2) is 0 Å². The quantitative estimate of drug-likeness (QED) is 0.556. The first-order chi connectivity index (χ1) is 8.24. The first-order valence-electron chi connectivity index (χ1n) is 6.82. The molecule has 4 nitrogen and oxygen atoms in total. The third kappa shape index (κ3) is 2.76. The van der Waals surface area contributed by atoms with Gasteiger partial charge in [0.25, 0.3) is 0 Å². The SMILES string of the molecule is CN1CCCN(CC2CC2)C2NC(Cl)NCC21. The van der Waals surface area contributed by atoms with Crippen LogP contribution in [0.3, 0.4) is 0 Å². The van der Waals surface area contributed by atoms with E-state index in [9.17, 15) is 0 Å². The molecular formula is C12H23ClN4. The number of nitrogens with one attached hydrogen (secondary N) is 2. The smallest absolute Gasteiger partial charge is 0.136 e. The molecule has 2 N–H and O–H groups in total. The van der Waals surface area contributed by atoms with Crippen molar-refractivity contribution in [1.82, 2.24) is 20.4 Å². The third-order valence-corrected chi connectivity index (χ3v) is 4.57. The standard InChI is InChI=1S/C12H23ClN4/c1-16-5-2-6-17(8-9-3-4-9)11-10(16)7-14-12(13)15-11/h9-12,14-15H,2-8H2,1H3. The van der Waals surface area contributed by atoms with E-state index in [1.165, 1.54) is 38.9 Å². The summed E-state index contributed by atoms with van der Waals surface area (Å²) in [4.78, 5) is 5.10. The predicted molar refractivity (Wildman–Crippen MR) is 69.9 cm³/mol. The first-order valence-corrected chi connectivity index (χ1v) is 7.25. The highest BCUT2D eigenvalue weighted by atomic mass is 35.5. The molecule has 2 aliphatic heterocycles. The maximum absolute atomic E-state index is 6.19. The second-order valence-electron chi connectivity index (χ2n) is 5.72. The number of nitrogens with zero attached hydrogens (tertiary/aromatic N) is 2. The minimum Gasteiger partial charge on any atom is -0.299 e. The Morgan fingerprint density at radius 3 is 2.88 bits per heavy atom. The molecule has 0 radical (unpaired) electrons. The van der Waals surface area contributed by atoms with Crippen LogP contribution in [0, 0.1) is 5.92 Å². The number of fused-ring (bicyclic) bond motifs is 1. The summed E-state index contributed by atoms with van der Waals surface area (Å²) in [6, 6.07) is 0.547. The average Bonchev–Trinajstić information content (AvgIpc) is 3.11. The van der Waals surface area contributed by atoms with Crippen molar-refractivity contribution in [2.75, 3.05) is 33.2 Å². The largest absolute Gasteiger partial charge is 0.299 e. The van der Waals surface area contributed by atoms with Gasteiger partial charge >= 0.3 is 0 Å². The first kappa shape index (κ1) is 12.2. The lowest BCUT2D eigenvalue weighted by Gasteiger charge is -2.43.